The molecule has 1 amide bonds. The van der Waals surface area contributed by atoms with Gasteiger partial charge in [-0.1, -0.05) is 24.3 Å². The van der Waals surface area contributed by atoms with Crippen molar-refractivity contribution >= 4 is 21.8 Å². The fourth-order valence-corrected chi connectivity index (χ4v) is 3.18. The molecule has 1 saturated heterocycles. The van der Waals surface area contributed by atoms with Gasteiger partial charge in [0.2, 0.25) is 0 Å². The number of hydrogen-bond donors (Lipinski definition) is 0. The first kappa shape index (κ1) is 14.3. The number of nitrogens with zero attached hydrogens (tertiary/aromatic N) is 2. The highest BCUT2D eigenvalue weighted by Crippen LogP contribution is 2.34. The number of aromatic nitrogens is 1. The second-order valence-electron chi connectivity index (χ2n) is 5.37. The van der Waals surface area contributed by atoms with Gasteiger partial charge in [0.15, 0.2) is 0 Å². The second-order valence-corrected chi connectivity index (χ2v) is 6.29. The van der Waals surface area contributed by atoms with E-state index in [0.717, 1.165) is 23.9 Å². The van der Waals surface area contributed by atoms with E-state index in [0.29, 0.717) is 5.69 Å². The minimum absolute atomic E-state index is 0.0215. The molecular formula is C17H17BrN2O. The van der Waals surface area contributed by atoms with E-state index < -0.39 is 0 Å². The summed E-state index contributed by atoms with van der Waals surface area (Å²) in [6.07, 6.45) is 3.74. The average molecular weight is 345 g/mol. The van der Waals surface area contributed by atoms with Crippen LogP contribution in [0.4, 0.5) is 0 Å². The Bertz CT molecular complexity index is 654. The summed E-state index contributed by atoms with van der Waals surface area (Å²) in [5.74, 6) is 0.0215. The summed E-state index contributed by atoms with van der Waals surface area (Å²) >= 11 is 3.35. The Morgan fingerprint density at radius 1 is 1.29 bits per heavy atom. The minimum Gasteiger partial charge on any atom is -0.330 e. The number of pyridine rings is 1. The second kappa shape index (κ2) is 5.98. The Morgan fingerprint density at radius 3 is 2.81 bits per heavy atom. The summed E-state index contributed by atoms with van der Waals surface area (Å²) in [6.45, 7) is 2.91. The van der Waals surface area contributed by atoms with Crippen LogP contribution in [0.5, 0.6) is 0 Å². The van der Waals surface area contributed by atoms with Gasteiger partial charge in [-0.2, -0.15) is 0 Å². The van der Waals surface area contributed by atoms with Gasteiger partial charge in [-0.15, -0.1) is 0 Å². The lowest BCUT2D eigenvalue weighted by Crippen LogP contribution is -2.31. The van der Waals surface area contributed by atoms with Crippen molar-refractivity contribution in [3.63, 3.8) is 0 Å². The molecule has 1 aromatic heterocycles. The fraction of sp³-hybridized carbons (Fsp3) is 0.294. The molecule has 0 radical (unpaired) electrons. The van der Waals surface area contributed by atoms with Crippen LogP contribution in [0.3, 0.4) is 0 Å². The molecule has 1 unspecified atom stereocenters. The lowest BCUT2D eigenvalue weighted by Gasteiger charge is -2.26. The highest BCUT2D eigenvalue weighted by molar-refractivity contribution is 9.10. The van der Waals surface area contributed by atoms with E-state index in [9.17, 15) is 4.79 Å². The summed E-state index contributed by atoms with van der Waals surface area (Å²) < 4.78 is 0.885. The molecule has 2 aromatic rings. The van der Waals surface area contributed by atoms with E-state index in [2.05, 4.69) is 40.0 Å². The zero-order valence-corrected chi connectivity index (χ0v) is 13.5. The van der Waals surface area contributed by atoms with Crippen molar-refractivity contribution in [1.29, 1.82) is 0 Å². The van der Waals surface area contributed by atoms with Gasteiger partial charge < -0.3 is 4.90 Å². The summed E-state index contributed by atoms with van der Waals surface area (Å²) in [5.41, 5.74) is 3.00. The van der Waals surface area contributed by atoms with Crippen LogP contribution in [0, 0.1) is 6.92 Å². The van der Waals surface area contributed by atoms with E-state index in [-0.39, 0.29) is 11.9 Å². The van der Waals surface area contributed by atoms with Gasteiger partial charge >= 0.3 is 0 Å². The van der Waals surface area contributed by atoms with Crippen LogP contribution >= 0.6 is 15.9 Å². The van der Waals surface area contributed by atoms with Crippen LogP contribution in [-0.4, -0.2) is 22.3 Å². The highest BCUT2D eigenvalue weighted by Gasteiger charge is 2.31. The molecule has 1 aliphatic rings. The first-order valence-corrected chi connectivity index (χ1v) is 7.94. The maximum atomic E-state index is 12.7. The molecule has 3 nitrogen and oxygen atoms in total. The standard InChI is InChI=1S/C17H17BrN2O/c1-12-5-2-3-6-14(12)16-7-4-10-20(16)17(21)15-9-8-13(18)11-19-15/h2-3,5-6,8-9,11,16H,4,7,10H2,1H3. The average Bonchev–Trinajstić information content (AvgIpc) is 2.97. The number of halogens is 1. The Kier molecular flexibility index (Phi) is 4.06. The van der Waals surface area contributed by atoms with Crippen molar-refractivity contribution in [2.75, 3.05) is 6.54 Å². The summed E-state index contributed by atoms with van der Waals surface area (Å²) in [4.78, 5) is 18.9. The zero-order chi connectivity index (χ0) is 14.8. The highest BCUT2D eigenvalue weighted by atomic mass is 79.9. The van der Waals surface area contributed by atoms with E-state index >= 15 is 0 Å². The van der Waals surface area contributed by atoms with Crippen molar-refractivity contribution in [3.8, 4) is 0 Å². The summed E-state index contributed by atoms with van der Waals surface area (Å²) in [7, 11) is 0. The number of benzene rings is 1. The number of likely N-dealkylation sites (tertiary alicyclic amines) is 1. The maximum Gasteiger partial charge on any atom is 0.272 e. The van der Waals surface area contributed by atoms with Crippen LogP contribution in [0.15, 0.2) is 47.1 Å². The number of hydrogen-bond acceptors (Lipinski definition) is 2. The van der Waals surface area contributed by atoms with Crippen LogP contribution in [0.25, 0.3) is 0 Å². The maximum absolute atomic E-state index is 12.7. The van der Waals surface area contributed by atoms with Gasteiger partial charge in [-0.25, -0.2) is 4.98 Å². The molecule has 2 heterocycles. The molecule has 1 aromatic carbocycles. The van der Waals surface area contributed by atoms with Crippen LogP contribution in [-0.2, 0) is 0 Å². The first-order chi connectivity index (χ1) is 10.2. The quantitative estimate of drug-likeness (QED) is 0.820. The predicted octanol–water partition coefficient (Wildman–Crippen LogP) is 4.13. The Balaban J connectivity index is 1.89. The number of aryl methyl sites for hydroxylation is 1. The molecule has 0 bridgehead atoms. The summed E-state index contributed by atoms with van der Waals surface area (Å²) in [6, 6.07) is 12.1. The lowest BCUT2D eigenvalue weighted by atomic mass is 9.99. The van der Waals surface area contributed by atoms with Gasteiger partial charge in [0, 0.05) is 17.2 Å². The molecule has 1 fully saturated rings. The fourth-order valence-electron chi connectivity index (χ4n) is 2.94. The molecule has 3 rings (SSSR count). The number of carbonyl (C=O) groups is 1. The van der Waals surface area contributed by atoms with E-state index in [1.54, 1.807) is 12.3 Å². The Labute approximate surface area is 133 Å². The third-order valence-corrected chi connectivity index (χ3v) is 4.48. The van der Waals surface area contributed by atoms with E-state index in [4.69, 9.17) is 0 Å². The van der Waals surface area contributed by atoms with Crippen molar-refractivity contribution in [2.24, 2.45) is 0 Å². The van der Waals surface area contributed by atoms with E-state index in [1.165, 1.54) is 11.1 Å². The van der Waals surface area contributed by atoms with Gasteiger partial charge in [-0.3, -0.25) is 4.79 Å². The number of amides is 1. The molecular weight excluding hydrogens is 328 g/mol. The van der Waals surface area contributed by atoms with Crippen LogP contribution in [0.2, 0.25) is 0 Å². The number of carbonyl (C=O) groups excluding carboxylic acids is 1. The van der Waals surface area contributed by atoms with Gasteiger partial charge in [-0.05, 0) is 59.0 Å². The van der Waals surface area contributed by atoms with Crippen molar-refractivity contribution in [2.45, 2.75) is 25.8 Å². The molecule has 1 aliphatic heterocycles. The zero-order valence-electron chi connectivity index (χ0n) is 11.9. The third kappa shape index (κ3) is 2.86. The molecule has 1 atom stereocenters. The SMILES string of the molecule is Cc1ccccc1C1CCCN1C(=O)c1ccc(Br)cn1. The minimum atomic E-state index is 0.0215. The largest absolute Gasteiger partial charge is 0.330 e. The Morgan fingerprint density at radius 2 is 2.10 bits per heavy atom. The Hall–Kier alpha value is -1.68. The molecule has 0 saturated carbocycles. The van der Waals surface area contributed by atoms with Crippen LogP contribution in [0.1, 0.15) is 40.5 Å². The molecule has 108 valence electrons. The third-order valence-electron chi connectivity index (χ3n) is 4.01. The van der Waals surface area contributed by atoms with Gasteiger partial charge in [0.25, 0.3) is 5.91 Å². The van der Waals surface area contributed by atoms with Crippen LogP contribution < -0.4 is 0 Å². The topological polar surface area (TPSA) is 33.2 Å². The smallest absolute Gasteiger partial charge is 0.272 e. The predicted molar refractivity (Wildman–Crippen MR) is 86.1 cm³/mol. The molecule has 0 spiro atoms. The lowest BCUT2D eigenvalue weighted by molar-refractivity contribution is 0.0729. The monoisotopic (exact) mass is 344 g/mol. The summed E-state index contributed by atoms with van der Waals surface area (Å²) in [5, 5.41) is 0. The van der Waals surface area contributed by atoms with Crippen molar-refractivity contribution in [1.82, 2.24) is 9.88 Å². The number of rotatable bonds is 2. The molecule has 4 heteroatoms. The van der Waals surface area contributed by atoms with Crippen molar-refractivity contribution in [3.05, 3.63) is 63.9 Å². The first-order valence-electron chi connectivity index (χ1n) is 7.15. The van der Waals surface area contributed by atoms with Crippen molar-refractivity contribution < 1.29 is 4.79 Å². The normalized spacial score (nSPS) is 18.0. The van der Waals surface area contributed by atoms with Gasteiger partial charge in [0.1, 0.15) is 5.69 Å². The van der Waals surface area contributed by atoms with Gasteiger partial charge in [0.05, 0.1) is 6.04 Å². The van der Waals surface area contributed by atoms with E-state index in [1.807, 2.05) is 23.1 Å². The molecule has 0 N–H and O–H groups in total. The molecule has 0 aliphatic carbocycles. The molecule has 21 heavy (non-hydrogen) atoms.